The minimum absolute atomic E-state index is 0.750. The summed E-state index contributed by atoms with van der Waals surface area (Å²) in [5.41, 5.74) is 2.45. The molecule has 4 rings (SSSR count). The number of piperazine rings is 1. The van der Waals surface area contributed by atoms with Crippen LogP contribution in [0.1, 0.15) is 24.0 Å². The number of benzene rings is 1. The Labute approximate surface area is 186 Å². The van der Waals surface area contributed by atoms with E-state index < -0.39 is 0 Å². The molecule has 0 aliphatic carbocycles. The van der Waals surface area contributed by atoms with Crippen molar-refractivity contribution < 1.29 is 0 Å². The first-order valence-electron chi connectivity index (χ1n) is 11.4. The van der Waals surface area contributed by atoms with E-state index in [1.54, 1.807) is 0 Å². The summed E-state index contributed by atoms with van der Waals surface area (Å²) in [6, 6.07) is 14.8. The van der Waals surface area contributed by atoms with Gasteiger partial charge in [-0.2, -0.15) is 0 Å². The lowest BCUT2D eigenvalue weighted by Gasteiger charge is -2.36. The summed E-state index contributed by atoms with van der Waals surface area (Å²) in [5.74, 6) is 2.08. The van der Waals surface area contributed by atoms with Crippen LogP contribution in [0.15, 0.2) is 59.7 Å². The molecule has 2 aliphatic rings. The van der Waals surface area contributed by atoms with Crippen LogP contribution < -0.4 is 10.2 Å². The topological polar surface area (TPSA) is 47.0 Å². The average Bonchev–Trinajstić information content (AvgIpc) is 3.37. The molecule has 2 aliphatic heterocycles. The number of rotatable bonds is 6. The van der Waals surface area contributed by atoms with E-state index in [1.807, 2.05) is 13.2 Å². The maximum absolute atomic E-state index is 4.66. The quantitative estimate of drug-likeness (QED) is 0.577. The summed E-state index contributed by atoms with van der Waals surface area (Å²) < 4.78 is 0. The number of nitrogens with one attached hydrogen (secondary N) is 1. The zero-order chi connectivity index (χ0) is 21.3. The van der Waals surface area contributed by atoms with E-state index in [0.717, 1.165) is 64.1 Å². The number of guanidine groups is 1. The molecule has 1 aromatic carbocycles. The highest BCUT2D eigenvalue weighted by Gasteiger charge is 2.19. The van der Waals surface area contributed by atoms with Crippen LogP contribution in [0.4, 0.5) is 5.82 Å². The van der Waals surface area contributed by atoms with Gasteiger partial charge in [-0.3, -0.25) is 9.89 Å². The standard InChI is InChI=1S/C25H34N6/c1-26-25(28-21-23-11-12-24(27-20-23)30-14-5-6-15-30)31-18-16-29(17-19-31)13-7-10-22-8-3-2-4-9-22/h2-4,7-12,20H,5-6,13-19,21H2,1H3,(H,26,28)/b10-7+. The van der Waals surface area contributed by atoms with Crippen molar-refractivity contribution in [2.75, 3.05) is 57.8 Å². The molecule has 0 spiro atoms. The van der Waals surface area contributed by atoms with Crippen molar-refractivity contribution in [1.29, 1.82) is 0 Å². The fourth-order valence-electron chi connectivity index (χ4n) is 4.21. The van der Waals surface area contributed by atoms with Crippen LogP contribution in [0.3, 0.4) is 0 Å². The Kier molecular flexibility index (Phi) is 7.56. The summed E-state index contributed by atoms with van der Waals surface area (Å²) in [5, 5.41) is 3.51. The van der Waals surface area contributed by atoms with E-state index in [0.29, 0.717) is 0 Å². The first kappa shape index (κ1) is 21.4. The van der Waals surface area contributed by atoms with E-state index in [1.165, 1.54) is 24.0 Å². The number of hydrogen-bond acceptors (Lipinski definition) is 4. The zero-order valence-corrected chi connectivity index (χ0v) is 18.6. The molecular weight excluding hydrogens is 384 g/mol. The Bertz CT molecular complexity index is 847. The van der Waals surface area contributed by atoms with Crippen molar-refractivity contribution in [2.24, 2.45) is 4.99 Å². The highest BCUT2D eigenvalue weighted by atomic mass is 15.3. The van der Waals surface area contributed by atoms with Crippen LogP contribution in [-0.2, 0) is 6.54 Å². The molecule has 1 aromatic heterocycles. The predicted octanol–water partition coefficient (Wildman–Crippen LogP) is 3.09. The summed E-state index contributed by atoms with van der Waals surface area (Å²) in [7, 11) is 1.87. The second-order valence-electron chi connectivity index (χ2n) is 8.22. The Morgan fingerprint density at radius 2 is 1.77 bits per heavy atom. The number of nitrogens with zero attached hydrogens (tertiary/aromatic N) is 5. The Hall–Kier alpha value is -2.86. The van der Waals surface area contributed by atoms with Crippen molar-refractivity contribution in [2.45, 2.75) is 19.4 Å². The lowest BCUT2D eigenvalue weighted by Crippen LogP contribution is -2.52. The molecule has 0 bridgehead atoms. The summed E-state index contributed by atoms with van der Waals surface area (Å²) in [6.07, 6.45) is 9.01. The lowest BCUT2D eigenvalue weighted by molar-refractivity contribution is 0.194. The van der Waals surface area contributed by atoms with Crippen LogP contribution in [0.2, 0.25) is 0 Å². The van der Waals surface area contributed by atoms with Gasteiger partial charge in [0.25, 0.3) is 0 Å². The fourth-order valence-corrected chi connectivity index (χ4v) is 4.21. The van der Waals surface area contributed by atoms with Gasteiger partial charge in [-0.25, -0.2) is 4.98 Å². The van der Waals surface area contributed by atoms with Crippen molar-refractivity contribution >= 4 is 17.9 Å². The number of pyridine rings is 1. The van der Waals surface area contributed by atoms with Crippen molar-refractivity contribution in [3.63, 3.8) is 0 Å². The highest BCUT2D eigenvalue weighted by molar-refractivity contribution is 5.80. The first-order valence-corrected chi connectivity index (χ1v) is 11.4. The lowest BCUT2D eigenvalue weighted by atomic mass is 10.2. The van der Waals surface area contributed by atoms with E-state index in [9.17, 15) is 0 Å². The first-order chi connectivity index (χ1) is 15.3. The third-order valence-electron chi connectivity index (χ3n) is 6.05. The molecule has 2 aromatic rings. The van der Waals surface area contributed by atoms with Gasteiger partial charge in [0.1, 0.15) is 5.82 Å². The molecule has 3 heterocycles. The molecule has 2 saturated heterocycles. The van der Waals surface area contributed by atoms with Gasteiger partial charge in [0.2, 0.25) is 0 Å². The third-order valence-corrected chi connectivity index (χ3v) is 6.05. The maximum atomic E-state index is 4.66. The molecule has 6 nitrogen and oxygen atoms in total. The van der Waals surface area contributed by atoms with E-state index in [-0.39, 0.29) is 0 Å². The van der Waals surface area contributed by atoms with Crippen LogP contribution >= 0.6 is 0 Å². The van der Waals surface area contributed by atoms with Gasteiger partial charge in [0.15, 0.2) is 5.96 Å². The Morgan fingerprint density at radius 3 is 2.45 bits per heavy atom. The van der Waals surface area contributed by atoms with E-state index in [4.69, 9.17) is 0 Å². The molecule has 0 unspecified atom stereocenters. The summed E-state index contributed by atoms with van der Waals surface area (Å²) in [6.45, 7) is 8.08. The SMILES string of the molecule is CN=C(NCc1ccc(N2CCCC2)nc1)N1CCN(C/C=C/c2ccccc2)CC1. The molecule has 0 saturated carbocycles. The summed E-state index contributed by atoms with van der Waals surface area (Å²) >= 11 is 0. The van der Waals surface area contributed by atoms with Gasteiger partial charge in [0.05, 0.1) is 0 Å². The molecule has 0 amide bonds. The van der Waals surface area contributed by atoms with Crippen molar-refractivity contribution in [3.05, 3.63) is 65.9 Å². The number of anilines is 1. The molecule has 31 heavy (non-hydrogen) atoms. The fraction of sp³-hybridized carbons (Fsp3) is 0.440. The average molecular weight is 419 g/mol. The smallest absolute Gasteiger partial charge is 0.194 e. The summed E-state index contributed by atoms with van der Waals surface area (Å²) in [4.78, 5) is 16.4. The zero-order valence-electron chi connectivity index (χ0n) is 18.6. The van der Waals surface area contributed by atoms with Crippen LogP contribution in [-0.4, -0.2) is 73.6 Å². The predicted molar refractivity (Wildman–Crippen MR) is 129 cm³/mol. The molecule has 1 N–H and O–H groups in total. The minimum Gasteiger partial charge on any atom is -0.357 e. The molecule has 6 heteroatoms. The van der Waals surface area contributed by atoms with Crippen LogP contribution in [0.25, 0.3) is 6.08 Å². The normalized spacial score (nSPS) is 18.2. The molecular formula is C25H34N6. The largest absolute Gasteiger partial charge is 0.357 e. The van der Waals surface area contributed by atoms with Gasteiger partial charge < -0.3 is 15.1 Å². The van der Waals surface area contributed by atoms with Gasteiger partial charge >= 0.3 is 0 Å². The second kappa shape index (κ2) is 11.0. The van der Waals surface area contributed by atoms with Gasteiger partial charge in [-0.05, 0) is 30.0 Å². The molecule has 2 fully saturated rings. The minimum atomic E-state index is 0.750. The van der Waals surface area contributed by atoms with Gasteiger partial charge in [0, 0.05) is 65.6 Å². The molecule has 0 radical (unpaired) electrons. The van der Waals surface area contributed by atoms with Crippen LogP contribution in [0.5, 0.6) is 0 Å². The van der Waals surface area contributed by atoms with E-state index in [2.05, 4.69) is 84.6 Å². The van der Waals surface area contributed by atoms with Crippen molar-refractivity contribution in [1.82, 2.24) is 20.1 Å². The molecule has 0 atom stereocenters. The monoisotopic (exact) mass is 418 g/mol. The maximum Gasteiger partial charge on any atom is 0.194 e. The Balaban J connectivity index is 1.21. The van der Waals surface area contributed by atoms with Gasteiger partial charge in [-0.15, -0.1) is 0 Å². The van der Waals surface area contributed by atoms with E-state index >= 15 is 0 Å². The number of hydrogen-bond donors (Lipinski definition) is 1. The highest BCUT2D eigenvalue weighted by Crippen LogP contribution is 2.17. The Morgan fingerprint density at radius 1 is 1.00 bits per heavy atom. The second-order valence-corrected chi connectivity index (χ2v) is 8.22. The number of aromatic nitrogens is 1. The van der Waals surface area contributed by atoms with Crippen molar-refractivity contribution in [3.8, 4) is 0 Å². The van der Waals surface area contributed by atoms with Gasteiger partial charge in [-0.1, -0.05) is 48.6 Å². The third kappa shape index (κ3) is 6.07. The number of aliphatic imine (C=N–C) groups is 1. The van der Waals surface area contributed by atoms with Crippen LogP contribution in [0, 0.1) is 0 Å². The molecule has 164 valence electrons.